The van der Waals surface area contributed by atoms with E-state index < -0.39 is 29.8 Å². The fraction of sp³-hybridized carbons (Fsp3) is 0.500. The molecule has 0 unspecified atom stereocenters. The van der Waals surface area contributed by atoms with Crippen LogP contribution in [-0.4, -0.2) is 68.0 Å². The molecule has 1 saturated heterocycles. The van der Waals surface area contributed by atoms with Gasteiger partial charge in [0.05, 0.1) is 12.8 Å². The maximum atomic E-state index is 11.8. The van der Waals surface area contributed by atoms with Crippen molar-refractivity contribution in [2.45, 2.75) is 18.9 Å². The number of carboxylic acid groups (broad SMARTS) is 2. The van der Waals surface area contributed by atoms with Crippen LogP contribution in [0.25, 0.3) is 0 Å². The summed E-state index contributed by atoms with van der Waals surface area (Å²) in [6.45, 7) is -0.449. The first-order valence-electron chi connectivity index (χ1n) is 5.61. The molecule has 0 radical (unpaired) electrons. The lowest BCUT2D eigenvalue weighted by Gasteiger charge is -2.37. The van der Waals surface area contributed by atoms with E-state index in [0.29, 0.717) is 0 Å². The van der Waals surface area contributed by atoms with Gasteiger partial charge in [-0.3, -0.25) is 29.0 Å². The van der Waals surface area contributed by atoms with E-state index >= 15 is 0 Å². The standard InChI is InChI=1S/C10H13N3O6S/c11-7-8(18)12(3-1-5(14)15)10(20)13(9(7)19)4-2-6(16)17/h7H,1-4,11H2,(H,14,15)(H,16,17). The Morgan fingerprint density at radius 1 is 1.05 bits per heavy atom. The van der Waals surface area contributed by atoms with E-state index in [1.165, 1.54) is 0 Å². The van der Waals surface area contributed by atoms with Gasteiger partial charge in [0.2, 0.25) is 0 Å². The number of carbonyl (C=O) groups is 4. The predicted molar refractivity (Wildman–Crippen MR) is 68.5 cm³/mol. The zero-order chi connectivity index (χ0) is 15.4. The molecule has 4 N–H and O–H groups in total. The van der Waals surface area contributed by atoms with Crippen LogP contribution < -0.4 is 5.73 Å². The van der Waals surface area contributed by atoms with Gasteiger partial charge in [-0.15, -0.1) is 0 Å². The summed E-state index contributed by atoms with van der Waals surface area (Å²) in [6.07, 6.45) is -0.723. The van der Waals surface area contributed by atoms with Gasteiger partial charge in [0.1, 0.15) is 0 Å². The van der Waals surface area contributed by atoms with E-state index in [9.17, 15) is 19.2 Å². The van der Waals surface area contributed by atoms with Gasteiger partial charge in [-0.1, -0.05) is 0 Å². The second kappa shape index (κ2) is 6.39. The van der Waals surface area contributed by atoms with Gasteiger partial charge in [0.15, 0.2) is 11.2 Å². The maximum absolute atomic E-state index is 11.8. The number of rotatable bonds is 6. The van der Waals surface area contributed by atoms with Gasteiger partial charge < -0.3 is 15.9 Å². The summed E-state index contributed by atoms with van der Waals surface area (Å²) in [4.78, 5) is 46.5. The molecule has 1 aliphatic rings. The molecule has 0 saturated carbocycles. The summed E-state index contributed by atoms with van der Waals surface area (Å²) in [5, 5.41) is 17.0. The average Bonchev–Trinajstić information content (AvgIpc) is 2.35. The summed E-state index contributed by atoms with van der Waals surface area (Å²) in [6, 6.07) is -1.50. The minimum absolute atomic E-state index is 0.218. The van der Waals surface area contributed by atoms with Crippen LogP contribution in [0.4, 0.5) is 0 Å². The highest BCUT2D eigenvalue weighted by atomic mass is 32.1. The van der Waals surface area contributed by atoms with Gasteiger partial charge in [0, 0.05) is 13.1 Å². The molecule has 0 spiro atoms. The van der Waals surface area contributed by atoms with Crippen LogP contribution in [0.5, 0.6) is 0 Å². The van der Waals surface area contributed by atoms with Crippen LogP contribution in [-0.2, 0) is 19.2 Å². The average molecular weight is 303 g/mol. The molecule has 0 aromatic rings. The third-order valence-electron chi connectivity index (χ3n) is 2.62. The number of amides is 2. The number of carbonyl (C=O) groups excluding carboxylic acids is 2. The molecule has 0 aliphatic carbocycles. The highest BCUT2D eigenvalue weighted by Crippen LogP contribution is 2.13. The fourth-order valence-corrected chi connectivity index (χ4v) is 1.96. The van der Waals surface area contributed by atoms with Crippen molar-refractivity contribution >= 4 is 41.1 Å². The topological polar surface area (TPSA) is 141 Å². The number of aliphatic carboxylic acids is 2. The van der Waals surface area contributed by atoms with Gasteiger partial charge in [0.25, 0.3) is 11.8 Å². The molecule has 0 atom stereocenters. The highest BCUT2D eigenvalue weighted by molar-refractivity contribution is 7.80. The molecule has 2 amide bonds. The SMILES string of the molecule is NC1C(=O)N(CCC(=O)O)C(=S)N(CCC(=O)O)C1=O. The quantitative estimate of drug-likeness (QED) is 0.386. The van der Waals surface area contributed by atoms with E-state index in [2.05, 4.69) is 0 Å². The molecule has 0 aromatic carbocycles. The number of nitrogens with zero attached hydrogens (tertiary/aromatic N) is 2. The van der Waals surface area contributed by atoms with Crippen LogP contribution in [0.15, 0.2) is 0 Å². The van der Waals surface area contributed by atoms with Crippen molar-refractivity contribution in [3.63, 3.8) is 0 Å². The zero-order valence-electron chi connectivity index (χ0n) is 10.3. The Hall–Kier alpha value is -2.07. The first kappa shape index (κ1) is 16.0. The number of carboxylic acids is 2. The van der Waals surface area contributed by atoms with Crippen LogP contribution in [0.1, 0.15) is 12.8 Å². The summed E-state index contributed by atoms with van der Waals surface area (Å²) < 4.78 is 0. The van der Waals surface area contributed by atoms with Crippen molar-refractivity contribution in [1.29, 1.82) is 0 Å². The van der Waals surface area contributed by atoms with E-state index in [0.717, 1.165) is 9.80 Å². The van der Waals surface area contributed by atoms with E-state index in [1.807, 2.05) is 0 Å². The predicted octanol–water partition coefficient (Wildman–Crippen LogP) is -1.78. The summed E-state index contributed by atoms with van der Waals surface area (Å²) in [5.41, 5.74) is 5.44. The smallest absolute Gasteiger partial charge is 0.305 e. The van der Waals surface area contributed by atoms with Gasteiger partial charge >= 0.3 is 11.9 Å². The first-order chi connectivity index (χ1) is 9.25. The Kier molecular flexibility index (Phi) is 5.11. The van der Waals surface area contributed by atoms with E-state index in [4.69, 9.17) is 28.2 Å². The van der Waals surface area contributed by atoms with E-state index in [-0.39, 0.29) is 31.0 Å². The van der Waals surface area contributed by atoms with Crippen LogP contribution in [0.3, 0.4) is 0 Å². The molecule has 10 heteroatoms. The molecule has 1 heterocycles. The van der Waals surface area contributed by atoms with Crippen LogP contribution in [0.2, 0.25) is 0 Å². The maximum Gasteiger partial charge on any atom is 0.305 e. The Morgan fingerprint density at radius 2 is 1.40 bits per heavy atom. The molecular weight excluding hydrogens is 290 g/mol. The van der Waals surface area contributed by atoms with Crippen LogP contribution >= 0.6 is 12.2 Å². The Labute approximate surface area is 118 Å². The lowest BCUT2D eigenvalue weighted by molar-refractivity contribution is -0.143. The minimum atomic E-state index is -1.50. The first-order valence-corrected chi connectivity index (χ1v) is 6.02. The third-order valence-corrected chi connectivity index (χ3v) is 3.07. The molecule has 1 aliphatic heterocycles. The molecule has 1 rings (SSSR count). The number of hydrogen-bond donors (Lipinski definition) is 3. The second-order valence-corrected chi connectivity index (χ2v) is 4.39. The lowest BCUT2D eigenvalue weighted by atomic mass is 10.1. The monoisotopic (exact) mass is 303 g/mol. The van der Waals surface area contributed by atoms with Gasteiger partial charge in [-0.25, -0.2) is 0 Å². The van der Waals surface area contributed by atoms with Crippen molar-refractivity contribution in [3.8, 4) is 0 Å². The number of hydrogen-bond acceptors (Lipinski definition) is 6. The van der Waals surface area contributed by atoms with Crippen molar-refractivity contribution in [2.75, 3.05) is 13.1 Å². The van der Waals surface area contributed by atoms with Gasteiger partial charge in [-0.2, -0.15) is 0 Å². The molecule has 1 fully saturated rings. The highest BCUT2D eigenvalue weighted by Gasteiger charge is 2.41. The number of thiocarbonyl (C=S) groups is 1. The fourth-order valence-electron chi connectivity index (χ4n) is 1.60. The molecule has 110 valence electrons. The second-order valence-electron chi connectivity index (χ2n) is 4.03. The lowest BCUT2D eigenvalue weighted by Crippen LogP contribution is -2.65. The Morgan fingerprint density at radius 3 is 1.70 bits per heavy atom. The zero-order valence-corrected chi connectivity index (χ0v) is 11.1. The normalized spacial score (nSPS) is 16.8. The number of nitrogens with two attached hydrogens (primary N) is 1. The summed E-state index contributed by atoms with van der Waals surface area (Å²) >= 11 is 4.93. The van der Waals surface area contributed by atoms with Crippen molar-refractivity contribution in [3.05, 3.63) is 0 Å². The Balaban J connectivity index is 2.87. The van der Waals surface area contributed by atoms with Gasteiger partial charge in [-0.05, 0) is 12.2 Å². The van der Waals surface area contributed by atoms with Crippen LogP contribution in [0, 0.1) is 0 Å². The molecular formula is C10H13N3O6S. The Bertz CT molecular complexity index is 440. The van der Waals surface area contributed by atoms with Crippen molar-refractivity contribution < 1.29 is 29.4 Å². The van der Waals surface area contributed by atoms with E-state index in [1.54, 1.807) is 0 Å². The molecule has 20 heavy (non-hydrogen) atoms. The summed E-state index contributed by atoms with van der Waals surface area (Å²) in [7, 11) is 0. The molecule has 0 bridgehead atoms. The molecule has 9 nitrogen and oxygen atoms in total. The van der Waals surface area contributed by atoms with Crippen molar-refractivity contribution in [1.82, 2.24) is 9.80 Å². The third kappa shape index (κ3) is 3.48. The largest absolute Gasteiger partial charge is 0.481 e. The summed E-state index contributed by atoms with van der Waals surface area (Å²) in [5.74, 6) is -3.84. The minimum Gasteiger partial charge on any atom is -0.481 e. The molecule has 0 aromatic heterocycles. The van der Waals surface area contributed by atoms with Crippen molar-refractivity contribution in [2.24, 2.45) is 5.73 Å².